The minimum atomic E-state index is -0.994. The lowest BCUT2D eigenvalue weighted by Gasteiger charge is -2.34. The maximum atomic E-state index is 14.2. The first-order valence-corrected chi connectivity index (χ1v) is 11.5. The Hall–Kier alpha value is -2.51. The van der Waals surface area contributed by atoms with Gasteiger partial charge in [-0.3, -0.25) is 9.88 Å². The predicted molar refractivity (Wildman–Crippen MR) is 127 cm³/mol. The minimum Gasteiger partial charge on any atom is -0.444 e. The molecule has 0 aliphatic carbocycles. The van der Waals surface area contributed by atoms with Gasteiger partial charge in [0.2, 0.25) is 0 Å². The lowest BCUT2D eigenvalue weighted by Crippen LogP contribution is -2.50. The number of alkyl halides is 1. The van der Waals surface area contributed by atoms with Crippen molar-refractivity contribution in [2.24, 2.45) is 0 Å². The van der Waals surface area contributed by atoms with Crippen molar-refractivity contribution in [1.29, 1.82) is 0 Å². The number of amides is 1. The lowest BCUT2D eigenvalue weighted by atomic mass is 9.99. The van der Waals surface area contributed by atoms with Crippen LogP contribution in [0.1, 0.15) is 65.8 Å². The number of carbonyl (C=O) groups is 1. The number of hydrogen-bond acceptors (Lipinski definition) is 5. The highest BCUT2D eigenvalue weighted by Crippen LogP contribution is 2.42. The molecule has 1 saturated heterocycles. The second kappa shape index (κ2) is 9.77. The molecule has 0 spiro atoms. The highest BCUT2D eigenvalue weighted by atomic mass is 19.1. The van der Waals surface area contributed by atoms with Crippen molar-refractivity contribution < 1.29 is 18.7 Å². The van der Waals surface area contributed by atoms with E-state index >= 15 is 0 Å². The predicted octanol–water partition coefficient (Wildman–Crippen LogP) is 5.63. The van der Waals surface area contributed by atoms with Gasteiger partial charge in [0.05, 0.1) is 11.7 Å². The fourth-order valence-electron chi connectivity index (χ4n) is 3.96. The summed E-state index contributed by atoms with van der Waals surface area (Å²) in [5.41, 5.74) is 2.13. The SMILES string of the molecule is CC(C)NCc1ccc(-c2ccc([C@H]3OC(C)(C)N(C(=O)OC(C)(C)C)[C@@H]3CF)cc2)cn1. The third kappa shape index (κ3) is 6.09. The molecule has 0 saturated carbocycles. The van der Waals surface area contributed by atoms with Gasteiger partial charge in [-0.1, -0.05) is 44.2 Å². The van der Waals surface area contributed by atoms with Crippen LogP contribution in [0.4, 0.5) is 9.18 Å². The van der Waals surface area contributed by atoms with Gasteiger partial charge in [-0.15, -0.1) is 0 Å². The summed E-state index contributed by atoms with van der Waals surface area (Å²) in [4.78, 5) is 18.7. The van der Waals surface area contributed by atoms with Gasteiger partial charge in [0.25, 0.3) is 0 Å². The number of rotatable bonds is 6. The third-order valence-corrected chi connectivity index (χ3v) is 5.51. The van der Waals surface area contributed by atoms with Crippen LogP contribution in [0.2, 0.25) is 0 Å². The average Bonchev–Trinajstić information content (AvgIpc) is 3.02. The zero-order valence-corrected chi connectivity index (χ0v) is 20.7. The number of nitrogens with one attached hydrogen (secondary N) is 1. The molecule has 1 fully saturated rings. The van der Waals surface area contributed by atoms with E-state index in [1.54, 1.807) is 34.6 Å². The van der Waals surface area contributed by atoms with Crippen molar-refractivity contribution in [3.63, 3.8) is 0 Å². The summed E-state index contributed by atoms with van der Waals surface area (Å²) in [5.74, 6) is 0. The first kappa shape index (κ1) is 25.1. The van der Waals surface area contributed by atoms with Crippen molar-refractivity contribution in [2.75, 3.05) is 6.67 Å². The zero-order valence-electron chi connectivity index (χ0n) is 20.7. The standard InChI is InChI=1S/C26H36FN3O3/c1-17(2)28-16-21-13-12-20(15-29-21)18-8-10-19(11-9-18)23-22(14-27)30(26(6,7)32-23)24(31)33-25(3,4)5/h8-13,15,17,22-23,28H,14,16H2,1-7H3/t22-,23-/m1/s1. The highest BCUT2D eigenvalue weighted by Gasteiger charge is 2.51. The Labute approximate surface area is 196 Å². The Kier molecular flexibility index (Phi) is 7.44. The number of aromatic nitrogens is 1. The van der Waals surface area contributed by atoms with Crippen molar-refractivity contribution >= 4 is 6.09 Å². The summed E-state index contributed by atoms with van der Waals surface area (Å²) < 4.78 is 25.9. The Morgan fingerprint density at radius 1 is 1.18 bits per heavy atom. The lowest BCUT2D eigenvalue weighted by molar-refractivity contribution is -0.0797. The summed E-state index contributed by atoms with van der Waals surface area (Å²) in [7, 11) is 0. The molecule has 1 aliphatic rings. The number of hydrogen-bond donors (Lipinski definition) is 1. The molecule has 0 unspecified atom stereocenters. The van der Waals surface area contributed by atoms with Crippen LogP contribution < -0.4 is 5.32 Å². The topological polar surface area (TPSA) is 63.7 Å². The number of ether oxygens (including phenoxy) is 2. The summed E-state index contributed by atoms with van der Waals surface area (Å²) in [6.07, 6.45) is 0.692. The average molecular weight is 458 g/mol. The summed E-state index contributed by atoms with van der Waals surface area (Å²) in [5, 5.41) is 3.36. The van der Waals surface area contributed by atoms with Crippen LogP contribution in [0.3, 0.4) is 0 Å². The van der Waals surface area contributed by atoms with Gasteiger partial charge >= 0.3 is 6.09 Å². The molecule has 1 aromatic heterocycles. The van der Waals surface area contributed by atoms with E-state index in [-0.39, 0.29) is 0 Å². The molecular weight excluding hydrogens is 421 g/mol. The third-order valence-electron chi connectivity index (χ3n) is 5.51. The second-order valence-electron chi connectivity index (χ2n) is 10.3. The number of pyridine rings is 1. The van der Waals surface area contributed by atoms with E-state index in [4.69, 9.17) is 9.47 Å². The molecule has 6 nitrogen and oxygen atoms in total. The maximum absolute atomic E-state index is 14.2. The summed E-state index contributed by atoms with van der Waals surface area (Å²) in [6.45, 7) is 13.1. The first-order valence-electron chi connectivity index (χ1n) is 11.5. The minimum absolute atomic E-state index is 0.404. The van der Waals surface area contributed by atoms with Crippen LogP contribution in [0.25, 0.3) is 11.1 Å². The Morgan fingerprint density at radius 2 is 1.82 bits per heavy atom. The van der Waals surface area contributed by atoms with Crippen LogP contribution in [0.15, 0.2) is 42.6 Å². The van der Waals surface area contributed by atoms with Crippen LogP contribution in [-0.2, 0) is 16.0 Å². The highest BCUT2D eigenvalue weighted by molar-refractivity contribution is 5.70. The van der Waals surface area contributed by atoms with Crippen LogP contribution in [0, 0.1) is 0 Å². The van der Waals surface area contributed by atoms with Crippen LogP contribution >= 0.6 is 0 Å². The largest absolute Gasteiger partial charge is 0.444 e. The van der Waals surface area contributed by atoms with Crippen molar-refractivity contribution in [1.82, 2.24) is 15.2 Å². The number of halogens is 1. The molecule has 33 heavy (non-hydrogen) atoms. The molecule has 2 atom stereocenters. The number of benzene rings is 1. The Bertz CT molecular complexity index is 937. The Balaban J connectivity index is 1.77. The van der Waals surface area contributed by atoms with Crippen molar-refractivity contribution in [3.8, 4) is 11.1 Å². The quantitative estimate of drug-likeness (QED) is 0.609. The van der Waals surface area contributed by atoms with Crippen LogP contribution in [0.5, 0.6) is 0 Å². The zero-order chi connectivity index (χ0) is 24.4. The van der Waals surface area contributed by atoms with E-state index in [2.05, 4.69) is 24.1 Å². The first-order chi connectivity index (χ1) is 15.4. The number of nitrogens with zero attached hydrogens (tertiary/aromatic N) is 2. The fourth-order valence-corrected chi connectivity index (χ4v) is 3.96. The van der Waals surface area contributed by atoms with Gasteiger partial charge in [-0.2, -0.15) is 0 Å². The molecule has 2 heterocycles. The molecule has 3 rings (SSSR count). The van der Waals surface area contributed by atoms with E-state index in [1.807, 2.05) is 42.6 Å². The summed E-state index contributed by atoms with van der Waals surface area (Å²) >= 11 is 0. The van der Waals surface area contributed by atoms with Gasteiger partial charge in [0.15, 0.2) is 0 Å². The van der Waals surface area contributed by atoms with Gasteiger partial charge < -0.3 is 14.8 Å². The van der Waals surface area contributed by atoms with Gasteiger partial charge in [-0.05, 0) is 51.8 Å². The van der Waals surface area contributed by atoms with E-state index in [0.29, 0.717) is 6.04 Å². The fraction of sp³-hybridized carbons (Fsp3) is 0.538. The van der Waals surface area contributed by atoms with Gasteiger partial charge in [-0.25, -0.2) is 9.18 Å². The molecule has 2 aromatic rings. The smallest absolute Gasteiger partial charge is 0.413 e. The Morgan fingerprint density at radius 3 is 2.33 bits per heavy atom. The van der Waals surface area contributed by atoms with Gasteiger partial charge in [0, 0.05) is 24.3 Å². The normalized spacial score (nSPS) is 20.3. The monoisotopic (exact) mass is 457 g/mol. The maximum Gasteiger partial charge on any atom is 0.413 e. The molecule has 0 radical (unpaired) electrons. The molecular formula is C26H36FN3O3. The van der Waals surface area contributed by atoms with Crippen LogP contribution in [-0.4, -0.2) is 46.1 Å². The second-order valence-corrected chi connectivity index (χ2v) is 10.3. The van der Waals surface area contributed by atoms with Gasteiger partial charge in [0.1, 0.15) is 24.1 Å². The van der Waals surface area contributed by atoms with E-state index < -0.39 is 36.2 Å². The molecule has 1 aromatic carbocycles. The molecule has 7 heteroatoms. The van der Waals surface area contributed by atoms with E-state index in [9.17, 15) is 9.18 Å². The summed E-state index contributed by atoms with van der Waals surface area (Å²) in [6, 6.07) is 11.5. The molecule has 1 N–H and O–H groups in total. The number of carbonyl (C=O) groups excluding carboxylic acids is 1. The van der Waals surface area contributed by atoms with Crippen molar-refractivity contribution in [3.05, 3.63) is 53.9 Å². The van der Waals surface area contributed by atoms with Crippen molar-refractivity contribution in [2.45, 2.75) is 84.5 Å². The molecule has 1 aliphatic heterocycles. The molecule has 180 valence electrons. The molecule has 0 bridgehead atoms. The molecule has 1 amide bonds. The van der Waals surface area contributed by atoms with E-state index in [1.165, 1.54) is 4.90 Å². The van der Waals surface area contributed by atoms with E-state index in [0.717, 1.165) is 28.9 Å².